The average Bonchev–Trinajstić information content (AvgIpc) is 2.89. The van der Waals surface area contributed by atoms with Crippen LogP contribution in [0.2, 0.25) is 0 Å². The van der Waals surface area contributed by atoms with Gasteiger partial charge in [0.25, 0.3) is 0 Å². The fourth-order valence-corrected chi connectivity index (χ4v) is 3.21. The van der Waals surface area contributed by atoms with E-state index in [-0.39, 0.29) is 0 Å². The Labute approximate surface area is 148 Å². The van der Waals surface area contributed by atoms with Gasteiger partial charge >= 0.3 is 0 Å². The van der Waals surface area contributed by atoms with E-state index in [1.807, 2.05) is 48.9 Å². The summed E-state index contributed by atoms with van der Waals surface area (Å²) < 4.78 is 7.46. The van der Waals surface area contributed by atoms with E-state index in [9.17, 15) is 0 Å². The van der Waals surface area contributed by atoms with Crippen molar-refractivity contribution >= 4 is 0 Å². The molecule has 3 rings (SSSR count). The lowest BCUT2D eigenvalue weighted by Crippen LogP contribution is -2.05. The van der Waals surface area contributed by atoms with Gasteiger partial charge in [0.05, 0.1) is 31.0 Å². The van der Waals surface area contributed by atoms with Crippen molar-refractivity contribution in [2.45, 2.75) is 27.3 Å². The first-order valence-corrected chi connectivity index (χ1v) is 8.22. The molecule has 0 amide bonds. The van der Waals surface area contributed by atoms with Crippen molar-refractivity contribution in [3.63, 3.8) is 0 Å². The SMILES string of the molecule is COc1ccccc1Cn1nc(C)c(-c2ccc(C#N)c(C)c2)c1C. The first kappa shape index (κ1) is 16.8. The molecule has 0 N–H and O–H groups in total. The number of rotatable bonds is 4. The normalized spacial score (nSPS) is 10.5. The lowest BCUT2D eigenvalue weighted by atomic mass is 9.99. The minimum Gasteiger partial charge on any atom is -0.496 e. The lowest BCUT2D eigenvalue weighted by Gasteiger charge is -2.10. The summed E-state index contributed by atoms with van der Waals surface area (Å²) in [5.74, 6) is 0.867. The average molecular weight is 331 g/mol. The zero-order valence-corrected chi connectivity index (χ0v) is 15.0. The summed E-state index contributed by atoms with van der Waals surface area (Å²) in [6.07, 6.45) is 0. The van der Waals surface area contributed by atoms with Gasteiger partial charge in [0.15, 0.2) is 0 Å². The van der Waals surface area contributed by atoms with Gasteiger partial charge in [0, 0.05) is 16.8 Å². The zero-order chi connectivity index (χ0) is 18.0. The molecule has 0 radical (unpaired) electrons. The molecule has 0 unspecified atom stereocenters. The number of aryl methyl sites for hydroxylation is 2. The molecule has 126 valence electrons. The van der Waals surface area contributed by atoms with Crippen molar-refractivity contribution < 1.29 is 4.74 Å². The third kappa shape index (κ3) is 3.14. The van der Waals surface area contributed by atoms with Crippen LogP contribution in [0.3, 0.4) is 0 Å². The summed E-state index contributed by atoms with van der Waals surface area (Å²) in [5, 5.41) is 13.9. The van der Waals surface area contributed by atoms with Gasteiger partial charge in [-0.25, -0.2) is 0 Å². The van der Waals surface area contributed by atoms with Crippen LogP contribution in [0, 0.1) is 32.1 Å². The van der Waals surface area contributed by atoms with E-state index < -0.39 is 0 Å². The van der Waals surface area contributed by atoms with Crippen LogP contribution >= 0.6 is 0 Å². The number of nitriles is 1. The standard InChI is InChI=1S/C21H21N3O/c1-14-11-17(9-10-18(14)12-22)21-15(2)23-24(16(21)3)13-19-7-5-6-8-20(19)25-4/h5-11H,13H2,1-4H3. The molecule has 0 aliphatic heterocycles. The van der Waals surface area contributed by atoms with E-state index in [0.29, 0.717) is 12.1 Å². The van der Waals surface area contributed by atoms with Crippen LogP contribution in [0.1, 0.15) is 28.1 Å². The highest BCUT2D eigenvalue weighted by Gasteiger charge is 2.15. The number of nitrogens with zero attached hydrogens (tertiary/aromatic N) is 3. The molecule has 0 aliphatic rings. The van der Waals surface area contributed by atoms with Gasteiger partial charge < -0.3 is 4.74 Å². The first-order chi connectivity index (χ1) is 12.0. The van der Waals surface area contributed by atoms with E-state index in [4.69, 9.17) is 15.1 Å². The number of hydrogen-bond donors (Lipinski definition) is 0. The number of benzene rings is 2. The Kier molecular flexibility index (Phi) is 4.58. The number of methoxy groups -OCH3 is 1. The van der Waals surface area contributed by atoms with Crippen molar-refractivity contribution in [1.29, 1.82) is 5.26 Å². The van der Waals surface area contributed by atoms with Gasteiger partial charge in [-0.2, -0.15) is 10.4 Å². The Balaban J connectivity index is 2.02. The van der Waals surface area contributed by atoms with Gasteiger partial charge in [-0.05, 0) is 50.1 Å². The monoisotopic (exact) mass is 331 g/mol. The molecule has 4 nitrogen and oxygen atoms in total. The smallest absolute Gasteiger partial charge is 0.123 e. The van der Waals surface area contributed by atoms with Gasteiger partial charge in [0.2, 0.25) is 0 Å². The third-order valence-electron chi connectivity index (χ3n) is 4.53. The van der Waals surface area contributed by atoms with E-state index in [2.05, 4.69) is 25.1 Å². The molecule has 0 saturated heterocycles. The Bertz CT molecular complexity index is 964. The van der Waals surface area contributed by atoms with E-state index in [0.717, 1.165) is 39.4 Å². The molecule has 1 heterocycles. The van der Waals surface area contributed by atoms with E-state index in [1.165, 1.54) is 0 Å². The Morgan fingerprint density at radius 3 is 2.56 bits per heavy atom. The highest BCUT2D eigenvalue weighted by Crippen LogP contribution is 2.29. The maximum Gasteiger partial charge on any atom is 0.123 e. The molecule has 1 aromatic heterocycles. The second-order valence-corrected chi connectivity index (χ2v) is 6.16. The van der Waals surface area contributed by atoms with E-state index >= 15 is 0 Å². The minimum absolute atomic E-state index is 0.659. The predicted molar refractivity (Wildman–Crippen MR) is 98.7 cm³/mol. The van der Waals surface area contributed by atoms with E-state index in [1.54, 1.807) is 7.11 Å². The van der Waals surface area contributed by atoms with Crippen LogP contribution in [-0.4, -0.2) is 16.9 Å². The number of ether oxygens (including phenoxy) is 1. The van der Waals surface area contributed by atoms with Crippen molar-refractivity contribution in [1.82, 2.24) is 9.78 Å². The van der Waals surface area contributed by atoms with Crippen LogP contribution < -0.4 is 4.74 Å². The summed E-state index contributed by atoms with van der Waals surface area (Å²) in [6, 6.07) is 16.1. The topological polar surface area (TPSA) is 50.8 Å². The predicted octanol–water partition coefficient (Wildman–Crippen LogP) is 4.40. The molecule has 0 bridgehead atoms. The summed E-state index contributed by atoms with van der Waals surface area (Å²) in [6.45, 7) is 6.73. The maximum atomic E-state index is 9.13. The van der Waals surface area contributed by atoms with Crippen molar-refractivity contribution in [3.05, 3.63) is 70.5 Å². The van der Waals surface area contributed by atoms with Gasteiger partial charge in [-0.1, -0.05) is 24.3 Å². The van der Waals surface area contributed by atoms with Crippen molar-refractivity contribution in [2.75, 3.05) is 7.11 Å². The molecule has 0 saturated carbocycles. The molecule has 3 aromatic rings. The third-order valence-corrected chi connectivity index (χ3v) is 4.53. The molecule has 0 aliphatic carbocycles. The quantitative estimate of drug-likeness (QED) is 0.712. The van der Waals surface area contributed by atoms with Crippen LogP contribution in [0.5, 0.6) is 5.75 Å². The van der Waals surface area contributed by atoms with Crippen LogP contribution in [-0.2, 0) is 6.54 Å². The van der Waals surface area contributed by atoms with Gasteiger partial charge in [-0.3, -0.25) is 4.68 Å². The Morgan fingerprint density at radius 2 is 1.88 bits per heavy atom. The number of para-hydroxylation sites is 1. The van der Waals surface area contributed by atoms with Crippen LogP contribution in [0.25, 0.3) is 11.1 Å². The molecule has 0 atom stereocenters. The number of aromatic nitrogens is 2. The van der Waals surface area contributed by atoms with Crippen molar-refractivity contribution in [3.8, 4) is 22.9 Å². The summed E-state index contributed by atoms with van der Waals surface area (Å²) in [7, 11) is 1.69. The maximum absolute atomic E-state index is 9.13. The fourth-order valence-electron chi connectivity index (χ4n) is 3.21. The molecule has 2 aromatic carbocycles. The first-order valence-electron chi connectivity index (χ1n) is 8.22. The lowest BCUT2D eigenvalue weighted by molar-refractivity contribution is 0.407. The van der Waals surface area contributed by atoms with Crippen LogP contribution in [0.4, 0.5) is 0 Å². The molecular weight excluding hydrogens is 310 g/mol. The summed E-state index contributed by atoms with van der Waals surface area (Å²) in [4.78, 5) is 0. The molecule has 4 heteroatoms. The van der Waals surface area contributed by atoms with Gasteiger partial charge in [0.1, 0.15) is 5.75 Å². The molecular formula is C21H21N3O. The Morgan fingerprint density at radius 1 is 1.12 bits per heavy atom. The van der Waals surface area contributed by atoms with Gasteiger partial charge in [-0.15, -0.1) is 0 Å². The summed E-state index contributed by atoms with van der Waals surface area (Å²) in [5.41, 5.74) is 7.10. The second-order valence-electron chi connectivity index (χ2n) is 6.16. The largest absolute Gasteiger partial charge is 0.496 e. The highest BCUT2D eigenvalue weighted by atomic mass is 16.5. The molecule has 0 fully saturated rings. The Hall–Kier alpha value is -3.06. The second kappa shape index (κ2) is 6.82. The highest BCUT2D eigenvalue weighted by molar-refractivity contribution is 5.70. The van der Waals surface area contributed by atoms with Crippen molar-refractivity contribution in [2.24, 2.45) is 0 Å². The molecule has 25 heavy (non-hydrogen) atoms. The minimum atomic E-state index is 0.659. The fraction of sp³-hybridized carbons (Fsp3) is 0.238. The zero-order valence-electron chi connectivity index (χ0n) is 15.0. The summed E-state index contributed by atoms with van der Waals surface area (Å²) >= 11 is 0. The molecule has 0 spiro atoms. The van der Waals surface area contributed by atoms with Crippen LogP contribution in [0.15, 0.2) is 42.5 Å². The number of hydrogen-bond acceptors (Lipinski definition) is 3.